The third-order valence-electron chi connectivity index (χ3n) is 7.44. The molecule has 1 fully saturated rings. The van der Waals surface area contributed by atoms with Gasteiger partial charge in [-0.2, -0.15) is 0 Å². The largest absolute Gasteiger partial charge is 0.458 e. The number of aliphatic hydroxyl groups is 2. The predicted octanol–water partition coefficient (Wildman–Crippen LogP) is 4.25. The molecule has 1 aromatic rings. The average Bonchev–Trinajstić information content (AvgIpc) is 3.35. The van der Waals surface area contributed by atoms with Gasteiger partial charge in [-0.1, -0.05) is 33.8 Å². The van der Waals surface area contributed by atoms with Gasteiger partial charge in [-0.25, -0.2) is 4.98 Å². The first kappa shape index (κ1) is 27.7. The monoisotopic (exact) mass is 505 g/mol. The zero-order valence-electron chi connectivity index (χ0n) is 21.8. The molecule has 0 aliphatic carbocycles. The van der Waals surface area contributed by atoms with E-state index < -0.39 is 35.6 Å². The maximum atomic E-state index is 13.4. The Labute approximate surface area is 212 Å². The maximum Gasteiger partial charge on any atom is 0.309 e. The lowest BCUT2D eigenvalue weighted by Gasteiger charge is -2.34. The van der Waals surface area contributed by atoms with E-state index >= 15 is 0 Å². The highest BCUT2D eigenvalue weighted by atomic mass is 32.1. The number of aliphatic hydroxyl groups excluding tert-OH is 2. The summed E-state index contributed by atoms with van der Waals surface area (Å²) in [7, 11) is 0. The molecule has 0 amide bonds. The van der Waals surface area contributed by atoms with E-state index in [1.807, 2.05) is 45.2 Å². The Morgan fingerprint density at radius 1 is 1.20 bits per heavy atom. The van der Waals surface area contributed by atoms with E-state index in [0.717, 1.165) is 28.3 Å². The van der Waals surface area contributed by atoms with Crippen molar-refractivity contribution in [1.29, 1.82) is 0 Å². The zero-order chi connectivity index (χ0) is 26.1. The summed E-state index contributed by atoms with van der Waals surface area (Å²) in [6, 6.07) is 0. The number of nitrogens with zero attached hydrogens (tertiary/aromatic N) is 1. The summed E-state index contributed by atoms with van der Waals surface area (Å²) in [6.45, 7) is 12.8. The van der Waals surface area contributed by atoms with Crippen LogP contribution in [0.25, 0.3) is 6.08 Å². The highest BCUT2D eigenvalue weighted by Crippen LogP contribution is 2.38. The van der Waals surface area contributed by atoms with Gasteiger partial charge in [-0.05, 0) is 50.3 Å². The Morgan fingerprint density at radius 2 is 1.89 bits per heavy atom. The highest BCUT2D eigenvalue weighted by Gasteiger charge is 2.45. The van der Waals surface area contributed by atoms with Gasteiger partial charge in [0.25, 0.3) is 0 Å². The van der Waals surface area contributed by atoms with Crippen molar-refractivity contribution in [3.05, 3.63) is 33.3 Å². The van der Waals surface area contributed by atoms with Crippen molar-refractivity contribution >= 4 is 29.2 Å². The third kappa shape index (κ3) is 6.47. The number of carbonyl (C=O) groups excluding carboxylic acids is 2. The number of aromatic nitrogens is 1. The number of thiazole rings is 1. The Balaban J connectivity index is 1.95. The molecule has 2 N–H and O–H groups in total. The molecule has 2 aliphatic rings. The summed E-state index contributed by atoms with van der Waals surface area (Å²) in [5.74, 6) is -1.06. The molecule has 0 saturated carbocycles. The smallest absolute Gasteiger partial charge is 0.309 e. The number of hydrogen-bond donors (Lipinski definition) is 2. The van der Waals surface area contributed by atoms with Crippen LogP contribution in [0.5, 0.6) is 0 Å². The van der Waals surface area contributed by atoms with E-state index in [1.165, 1.54) is 11.3 Å². The fraction of sp³-hybridized carbons (Fsp3) is 0.667. The van der Waals surface area contributed by atoms with Crippen molar-refractivity contribution in [1.82, 2.24) is 4.98 Å². The predicted molar refractivity (Wildman–Crippen MR) is 136 cm³/mol. The normalized spacial score (nSPS) is 36.7. The van der Waals surface area contributed by atoms with Crippen molar-refractivity contribution in [3.8, 4) is 0 Å². The van der Waals surface area contributed by atoms with Crippen LogP contribution in [0.3, 0.4) is 0 Å². The van der Waals surface area contributed by atoms with Crippen molar-refractivity contribution in [2.45, 2.75) is 98.2 Å². The number of ether oxygens (including phenoxy) is 2. The number of hydrogen-bond acceptors (Lipinski definition) is 8. The summed E-state index contributed by atoms with van der Waals surface area (Å²) < 4.78 is 12.0. The molecule has 7 atom stereocenters. The Kier molecular flexibility index (Phi) is 8.73. The lowest BCUT2D eigenvalue weighted by molar-refractivity contribution is -0.155. The minimum absolute atomic E-state index is 0.141. The van der Waals surface area contributed by atoms with Crippen molar-refractivity contribution in [3.63, 3.8) is 0 Å². The first-order chi connectivity index (χ1) is 16.3. The van der Waals surface area contributed by atoms with Gasteiger partial charge < -0.3 is 19.7 Å². The summed E-state index contributed by atoms with van der Waals surface area (Å²) in [6.07, 6.45) is 1.07. The quantitative estimate of drug-likeness (QED) is 0.457. The van der Waals surface area contributed by atoms with Crippen LogP contribution in [0.4, 0.5) is 0 Å². The second kappa shape index (κ2) is 11.0. The average molecular weight is 506 g/mol. The topological polar surface area (TPSA) is 106 Å². The standard InChI is InChI=1S/C27H39NO6S/c1-14-9-20-10-16(3)25(33-20)17(4)26(32)27(6,7)23(30)12-24(31)34-22(11-21(14)29)15(2)8-19-13-35-18(5)28-19/h8-9,13,16-17,20-23,25,29-30H,10-12H2,1-7H3/b14-9+,15-8+/t16-,17+,20?,21?,22-,23-,25?/m0/s1. The molecule has 35 heavy (non-hydrogen) atoms. The van der Waals surface area contributed by atoms with Crippen LogP contribution in [0.2, 0.25) is 0 Å². The van der Waals surface area contributed by atoms with Gasteiger partial charge >= 0.3 is 5.97 Å². The van der Waals surface area contributed by atoms with E-state index in [4.69, 9.17) is 9.47 Å². The number of esters is 1. The minimum Gasteiger partial charge on any atom is -0.458 e. The molecule has 194 valence electrons. The zero-order valence-corrected chi connectivity index (χ0v) is 22.6. The molecule has 1 aromatic heterocycles. The molecule has 2 aliphatic heterocycles. The van der Waals surface area contributed by atoms with Crippen LogP contribution in [0, 0.1) is 24.2 Å². The Bertz CT molecular complexity index is 996. The van der Waals surface area contributed by atoms with Crippen LogP contribution in [0.1, 0.15) is 71.5 Å². The molecule has 0 spiro atoms. The molecule has 1 saturated heterocycles. The van der Waals surface area contributed by atoms with E-state index in [9.17, 15) is 19.8 Å². The second-order valence-electron chi connectivity index (χ2n) is 10.8. The summed E-state index contributed by atoms with van der Waals surface area (Å²) in [5.41, 5.74) is 1.09. The first-order valence-electron chi connectivity index (χ1n) is 12.3. The summed E-state index contributed by atoms with van der Waals surface area (Å²) >= 11 is 1.53. The number of ketones is 1. The van der Waals surface area contributed by atoms with Gasteiger partial charge in [0.05, 0.1) is 47.0 Å². The van der Waals surface area contributed by atoms with Gasteiger partial charge in [0, 0.05) is 17.7 Å². The molecule has 8 heteroatoms. The Hall–Kier alpha value is -1.87. The van der Waals surface area contributed by atoms with E-state index in [0.29, 0.717) is 0 Å². The van der Waals surface area contributed by atoms with Gasteiger partial charge in [0.1, 0.15) is 11.9 Å². The van der Waals surface area contributed by atoms with E-state index in [2.05, 4.69) is 11.9 Å². The van der Waals surface area contributed by atoms with Crippen LogP contribution in [-0.2, 0) is 19.1 Å². The molecule has 2 bridgehead atoms. The molecule has 3 rings (SSSR count). The van der Waals surface area contributed by atoms with E-state index in [1.54, 1.807) is 13.8 Å². The number of cyclic esters (lactones) is 1. The number of carbonyl (C=O) groups is 2. The SMILES string of the molecule is C/C1=C\C2C[C@H](C)C(O2)[C@@H](C)C(=O)C(C)(C)[C@@H](O)CC(=O)O[C@H](/C(C)=C/c2csc(C)n2)CC1O. The maximum absolute atomic E-state index is 13.4. The third-order valence-corrected chi connectivity index (χ3v) is 8.23. The number of aryl methyl sites for hydroxylation is 1. The van der Waals surface area contributed by atoms with Gasteiger partial charge in [-0.15, -0.1) is 11.3 Å². The molecule has 0 radical (unpaired) electrons. The van der Waals surface area contributed by atoms with Crippen LogP contribution in [0.15, 0.2) is 22.6 Å². The highest BCUT2D eigenvalue weighted by molar-refractivity contribution is 7.09. The van der Waals surface area contributed by atoms with Crippen molar-refractivity contribution < 1.29 is 29.3 Å². The van der Waals surface area contributed by atoms with Crippen LogP contribution < -0.4 is 0 Å². The summed E-state index contributed by atoms with van der Waals surface area (Å²) in [5, 5.41) is 24.7. The Morgan fingerprint density at radius 3 is 2.51 bits per heavy atom. The van der Waals surface area contributed by atoms with Crippen LogP contribution in [-0.4, -0.2) is 57.5 Å². The molecule has 3 heterocycles. The van der Waals surface area contributed by atoms with Gasteiger partial charge in [0.2, 0.25) is 0 Å². The fourth-order valence-corrected chi connectivity index (χ4v) is 5.59. The number of fused-ring (bicyclic) bond motifs is 2. The van der Waals surface area contributed by atoms with Crippen LogP contribution >= 0.6 is 11.3 Å². The molecule has 7 nitrogen and oxygen atoms in total. The lowest BCUT2D eigenvalue weighted by atomic mass is 9.73. The number of Topliss-reactive ketones (excluding diaryl/α,β-unsaturated/α-hetero) is 1. The first-order valence-corrected chi connectivity index (χ1v) is 13.2. The molecular weight excluding hydrogens is 466 g/mol. The summed E-state index contributed by atoms with van der Waals surface area (Å²) in [4.78, 5) is 30.7. The molecular formula is C27H39NO6S. The lowest BCUT2D eigenvalue weighted by Crippen LogP contribution is -2.45. The van der Waals surface area contributed by atoms with Crippen molar-refractivity contribution in [2.24, 2.45) is 17.3 Å². The minimum atomic E-state index is -1.21. The van der Waals surface area contributed by atoms with Gasteiger partial charge in [0.15, 0.2) is 0 Å². The molecule has 3 unspecified atom stereocenters. The second-order valence-corrected chi connectivity index (χ2v) is 11.8. The number of rotatable bonds is 2. The van der Waals surface area contributed by atoms with Crippen molar-refractivity contribution in [2.75, 3.05) is 0 Å². The fourth-order valence-electron chi connectivity index (χ4n) is 5.02. The van der Waals surface area contributed by atoms with E-state index in [-0.39, 0.29) is 36.8 Å². The molecule has 0 aromatic carbocycles. The van der Waals surface area contributed by atoms with Gasteiger partial charge in [-0.3, -0.25) is 9.59 Å².